The summed E-state index contributed by atoms with van der Waals surface area (Å²) >= 11 is 3.32. The number of rotatable bonds is 5. The third-order valence-electron chi connectivity index (χ3n) is 3.01. The number of carbonyl (C=O) groups is 1. The molecule has 0 aromatic heterocycles. The molecular weight excluding hydrogens is 299 g/mol. The highest BCUT2D eigenvalue weighted by atomic mass is 79.9. The Hall–Kier alpha value is -1.10. The van der Waals surface area contributed by atoms with E-state index in [2.05, 4.69) is 21.2 Å². The van der Waals surface area contributed by atoms with Gasteiger partial charge in [-0.1, -0.05) is 0 Å². The molecule has 1 aromatic rings. The highest BCUT2D eigenvalue weighted by molar-refractivity contribution is 9.10. The molecule has 0 bridgehead atoms. The van der Waals surface area contributed by atoms with Crippen LogP contribution in [-0.4, -0.2) is 29.9 Å². The Balaban J connectivity index is 1.94. The summed E-state index contributed by atoms with van der Waals surface area (Å²) in [5, 5.41) is 2.97. The number of nitrogens with zero attached hydrogens (tertiary/aromatic N) is 1. The average Bonchev–Trinajstić information content (AvgIpc) is 3.16. The second-order valence-corrected chi connectivity index (χ2v) is 5.24. The van der Waals surface area contributed by atoms with Crippen LogP contribution in [0.1, 0.15) is 19.8 Å². The molecule has 3 nitrogen and oxygen atoms in total. The van der Waals surface area contributed by atoms with Gasteiger partial charge in [0.15, 0.2) is 0 Å². The van der Waals surface area contributed by atoms with Gasteiger partial charge in [0.1, 0.15) is 5.82 Å². The van der Waals surface area contributed by atoms with Crippen molar-refractivity contribution in [2.24, 2.45) is 0 Å². The van der Waals surface area contributed by atoms with Crippen LogP contribution in [0.25, 0.3) is 0 Å². The predicted octanol–water partition coefficient (Wildman–Crippen LogP) is 3.01. The van der Waals surface area contributed by atoms with Crippen molar-refractivity contribution in [3.05, 3.63) is 28.5 Å². The van der Waals surface area contributed by atoms with Gasteiger partial charge in [0, 0.05) is 17.1 Å². The number of amides is 1. The van der Waals surface area contributed by atoms with Gasteiger partial charge < -0.3 is 10.2 Å². The largest absolute Gasteiger partial charge is 0.375 e. The first kappa shape index (κ1) is 13.3. The fraction of sp³-hybridized carbons (Fsp3) is 0.462. The molecule has 0 heterocycles. The van der Waals surface area contributed by atoms with E-state index in [0.717, 1.165) is 23.9 Å². The van der Waals surface area contributed by atoms with Crippen LogP contribution in [0.5, 0.6) is 0 Å². The summed E-state index contributed by atoms with van der Waals surface area (Å²) in [6, 6.07) is 4.80. The number of halogens is 2. The number of hydrogen-bond donors (Lipinski definition) is 1. The predicted molar refractivity (Wildman–Crippen MR) is 73.0 cm³/mol. The van der Waals surface area contributed by atoms with Gasteiger partial charge in [-0.15, -0.1) is 0 Å². The molecule has 0 atom stereocenters. The lowest BCUT2D eigenvalue weighted by Gasteiger charge is -2.21. The third-order valence-corrected chi connectivity index (χ3v) is 3.70. The minimum Gasteiger partial charge on any atom is -0.375 e. The van der Waals surface area contributed by atoms with E-state index >= 15 is 0 Å². The maximum atomic E-state index is 13.1. The van der Waals surface area contributed by atoms with Crippen LogP contribution in [0.4, 0.5) is 10.1 Å². The maximum Gasteiger partial charge on any atom is 0.242 e. The van der Waals surface area contributed by atoms with Gasteiger partial charge in [0.05, 0.1) is 12.2 Å². The lowest BCUT2D eigenvalue weighted by atomic mass is 10.3. The number of nitrogens with one attached hydrogen (secondary N) is 1. The first-order valence-electron chi connectivity index (χ1n) is 6.10. The summed E-state index contributed by atoms with van der Waals surface area (Å²) in [4.78, 5) is 13.9. The lowest BCUT2D eigenvalue weighted by molar-refractivity contribution is -0.129. The summed E-state index contributed by atoms with van der Waals surface area (Å²) in [6.07, 6.45) is 2.20. The van der Waals surface area contributed by atoms with Crippen LogP contribution >= 0.6 is 15.9 Å². The van der Waals surface area contributed by atoms with Crippen molar-refractivity contribution in [2.45, 2.75) is 25.8 Å². The molecule has 0 saturated heterocycles. The highest BCUT2D eigenvalue weighted by Gasteiger charge is 2.30. The van der Waals surface area contributed by atoms with Crippen molar-refractivity contribution in [3.8, 4) is 0 Å². The monoisotopic (exact) mass is 314 g/mol. The van der Waals surface area contributed by atoms with E-state index in [9.17, 15) is 9.18 Å². The van der Waals surface area contributed by atoms with Gasteiger partial charge in [0.25, 0.3) is 0 Å². The maximum absolute atomic E-state index is 13.1. The fourth-order valence-corrected chi connectivity index (χ4v) is 2.32. The van der Waals surface area contributed by atoms with Crippen molar-refractivity contribution in [3.63, 3.8) is 0 Å². The van der Waals surface area contributed by atoms with E-state index in [1.54, 1.807) is 6.07 Å². The van der Waals surface area contributed by atoms with Crippen LogP contribution in [0, 0.1) is 5.82 Å². The summed E-state index contributed by atoms with van der Waals surface area (Å²) in [5.74, 6) is -0.251. The Morgan fingerprint density at radius 2 is 2.28 bits per heavy atom. The van der Waals surface area contributed by atoms with Gasteiger partial charge >= 0.3 is 0 Å². The van der Waals surface area contributed by atoms with E-state index < -0.39 is 0 Å². The van der Waals surface area contributed by atoms with Gasteiger partial charge in [-0.2, -0.15) is 0 Å². The van der Waals surface area contributed by atoms with Crippen molar-refractivity contribution < 1.29 is 9.18 Å². The molecular formula is C13H16BrFN2O. The molecule has 1 aliphatic rings. The molecule has 0 aliphatic heterocycles. The zero-order valence-corrected chi connectivity index (χ0v) is 11.8. The Labute approximate surface area is 114 Å². The summed E-state index contributed by atoms with van der Waals surface area (Å²) in [7, 11) is 0. The van der Waals surface area contributed by atoms with Crippen molar-refractivity contribution in [1.82, 2.24) is 4.90 Å². The Morgan fingerprint density at radius 3 is 2.89 bits per heavy atom. The topological polar surface area (TPSA) is 32.3 Å². The molecule has 98 valence electrons. The number of benzene rings is 1. The summed E-state index contributed by atoms with van der Waals surface area (Å²) in [6.45, 7) is 2.91. The van der Waals surface area contributed by atoms with Crippen LogP contribution < -0.4 is 5.32 Å². The van der Waals surface area contributed by atoms with Crippen LogP contribution in [0.2, 0.25) is 0 Å². The molecule has 1 saturated carbocycles. The van der Waals surface area contributed by atoms with Crippen molar-refractivity contribution in [1.29, 1.82) is 0 Å². The SMILES string of the molecule is CCN(C(=O)CNc1cc(F)ccc1Br)C1CC1. The Bertz CT molecular complexity index is 449. The van der Waals surface area contributed by atoms with Gasteiger partial charge in [-0.05, 0) is 53.9 Å². The van der Waals surface area contributed by atoms with E-state index in [4.69, 9.17) is 0 Å². The molecule has 1 aliphatic carbocycles. The van der Waals surface area contributed by atoms with E-state index in [1.807, 2.05) is 11.8 Å². The summed E-state index contributed by atoms with van der Waals surface area (Å²) in [5.41, 5.74) is 0.607. The van der Waals surface area contributed by atoms with Crippen LogP contribution in [0.3, 0.4) is 0 Å². The minimum atomic E-state index is -0.317. The summed E-state index contributed by atoms with van der Waals surface area (Å²) < 4.78 is 13.8. The fourth-order valence-electron chi connectivity index (χ4n) is 1.93. The quantitative estimate of drug-likeness (QED) is 0.906. The zero-order chi connectivity index (χ0) is 13.1. The molecule has 18 heavy (non-hydrogen) atoms. The molecule has 1 aromatic carbocycles. The van der Waals surface area contributed by atoms with E-state index in [-0.39, 0.29) is 18.3 Å². The van der Waals surface area contributed by atoms with E-state index in [0.29, 0.717) is 11.7 Å². The number of hydrogen-bond acceptors (Lipinski definition) is 2. The highest BCUT2D eigenvalue weighted by Crippen LogP contribution is 2.27. The molecule has 1 fully saturated rings. The average molecular weight is 315 g/mol. The normalized spacial score (nSPS) is 14.4. The number of likely N-dealkylation sites (N-methyl/N-ethyl adjacent to an activating group) is 1. The lowest BCUT2D eigenvalue weighted by Crippen LogP contribution is -2.37. The molecule has 0 spiro atoms. The van der Waals surface area contributed by atoms with Crippen molar-refractivity contribution >= 4 is 27.5 Å². The Morgan fingerprint density at radius 1 is 1.56 bits per heavy atom. The van der Waals surface area contributed by atoms with Gasteiger partial charge in [0.2, 0.25) is 5.91 Å². The standard InChI is InChI=1S/C13H16BrFN2O/c1-2-17(10-4-5-10)13(18)8-16-12-7-9(15)3-6-11(12)14/h3,6-7,10,16H,2,4-5,8H2,1H3. The second-order valence-electron chi connectivity index (χ2n) is 4.39. The van der Waals surface area contributed by atoms with Crippen LogP contribution in [0.15, 0.2) is 22.7 Å². The number of anilines is 1. The number of carbonyl (C=O) groups excluding carboxylic acids is 1. The molecule has 1 amide bonds. The Kier molecular flexibility index (Phi) is 4.22. The first-order chi connectivity index (χ1) is 8.61. The van der Waals surface area contributed by atoms with E-state index in [1.165, 1.54) is 12.1 Å². The molecule has 0 radical (unpaired) electrons. The molecule has 1 N–H and O–H groups in total. The first-order valence-corrected chi connectivity index (χ1v) is 6.89. The second kappa shape index (κ2) is 5.69. The molecule has 5 heteroatoms. The van der Waals surface area contributed by atoms with Crippen LogP contribution in [-0.2, 0) is 4.79 Å². The van der Waals surface area contributed by atoms with Gasteiger partial charge in [-0.25, -0.2) is 4.39 Å². The zero-order valence-electron chi connectivity index (χ0n) is 10.2. The third kappa shape index (κ3) is 3.22. The van der Waals surface area contributed by atoms with Gasteiger partial charge in [-0.3, -0.25) is 4.79 Å². The molecule has 2 rings (SSSR count). The van der Waals surface area contributed by atoms with Crippen molar-refractivity contribution in [2.75, 3.05) is 18.4 Å². The molecule has 0 unspecified atom stereocenters. The smallest absolute Gasteiger partial charge is 0.242 e. The minimum absolute atomic E-state index is 0.0659.